The Bertz CT molecular complexity index is 736. The molecule has 3 heteroatoms. The zero-order valence-electron chi connectivity index (χ0n) is 13.9. The molecule has 0 aliphatic carbocycles. The van der Waals surface area contributed by atoms with E-state index >= 15 is 0 Å². The number of likely N-dealkylation sites (N-methyl/N-ethyl adjacent to an activating group) is 1. The van der Waals surface area contributed by atoms with Gasteiger partial charge in [0, 0.05) is 36.4 Å². The standard InChI is InChI=1S/C20H23N3/c1-15-8-9-18-19(12-15)23-11-10-22(2)14-17(23)13-21-20(18)16-6-4-3-5-7-16/h3-9,12,17H,10-11,13-14H2,1-2H3. The van der Waals surface area contributed by atoms with Gasteiger partial charge in [0.05, 0.1) is 18.3 Å². The van der Waals surface area contributed by atoms with Gasteiger partial charge in [-0.05, 0) is 25.6 Å². The lowest BCUT2D eigenvalue weighted by atomic mass is 9.98. The Morgan fingerprint density at radius 2 is 1.87 bits per heavy atom. The highest BCUT2D eigenvalue weighted by Gasteiger charge is 2.30. The molecule has 0 spiro atoms. The zero-order valence-corrected chi connectivity index (χ0v) is 13.9. The second kappa shape index (κ2) is 5.82. The Morgan fingerprint density at radius 1 is 1.04 bits per heavy atom. The van der Waals surface area contributed by atoms with Crippen LogP contribution in [0, 0.1) is 6.92 Å². The highest BCUT2D eigenvalue weighted by atomic mass is 15.3. The minimum Gasteiger partial charge on any atom is -0.364 e. The second-order valence-electron chi connectivity index (χ2n) is 6.69. The Balaban J connectivity index is 1.85. The molecular weight excluding hydrogens is 282 g/mol. The van der Waals surface area contributed by atoms with Crippen molar-refractivity contribution < 1.29 is 0 Å². The van der Waals surface area contributed by atoms with E-state index in [4.69, 9.17) is 4.99 Å². The molecule has 1 fully saturated rings. The van der Waals surface area contributed by atoms with Crippen LogP contribution in [0.2, 0.25) is 0 Å². The van der Waals surface area contributed by atoms with Gasteiger partial charge >= 0.3 is 0 Å². The van der Waals surface area contributed by atoms with Crippen molar-refractivity contribution in [2.45, 2.75) is 13.0 Å². The van der Waals surface area contributed by atoms with Crippen molar-refractivity contribution in [2.75, 3.05) is 38.1 Å². The number of anilines is 1. The van der Waals surface area contributed by atoms with Crippen molar-refractivity contribution in [1.29, 1.82) is 0 Å². The molecule has 2 aliphatic rings. The minimum atomic E-state index is 0.468. The van der Waals surface area contributed by atoms with Gasteiger partial charge in [0.25, 0.3) is 0 Å². The molecule has 0 amide bonds. The number of rotatable bonds is 1. The molecule has 2 aliphatic heterocycles. The van der Waals surface area contributed by atoms with Crippen molar-refractivity contribution in [1.82, 2.24) is 4.90 Å². The van der Waals surface area contributed by atoms with Gasteiger partial charge in [0.2, 0.25) is 0 Å². The molecule has 2 aromatic carbocycles. The molecule has 0 bridgehead atoms. The van der Waals surface area contributed by atoms with Gasteiger partial charge in [-0.15, -0.1) is 0 Å². The smallest absolute Gasteiger partial charge is 0.0740 e. The van der Waals surface area contributed by atoms with Crippen LogP contribution in [0.15, 0.2) is 53.5 Å². The topological polar surface area (TPSA) is 18.8 Å². The second-order valence-corrected chi connectivity index (χ2v) is 6.69. The third-order valence-corrected chi connectivity index (χ3v) is 4.91. The quantitative estimate of drug-likeness (QED) is 0.806. The van der Waals surface area contributed by atoms with Gasteiger partial charge in [-0.25, -0.2) is 0 Å². The van der Waals surface area contributed by atoms with E-state index in [0.29, 0.717) is 6.04 Å². The Labute approximate surface area is 138 Å². The number of aliphatic imine (C=N–C) groups is 1. The zero-order chi connectivity index (χ0) is 15.8. The number of piperazine rings is 1. The summed E-state index contributed by atoms with van der Waals surface area (Å²) in [6.45, 7) is 6.32. The number of fused-ring (bicyclic) bond motifs is 3. The number of nitrogens with zero attached hydrogens (tertiary/aromatic N) is 3. The van der Waals surface area contributed by atoms with Gasteiger partial charge in [0.1, 0.15) is 0 Å². The average molecular weight is 305 g/mol. The lowest BCUT2D eigenvalue weighted by Gasteiger charge is -2.40. The van der Waals surface area contributed by atoms with E-state index < -0.39 is 0 Å². The number of aryl methyl sites for hydroxylation is 1. The van der Waals surface area contributed by atoms with Crippen LogP contribution in [0.4, 0.5) is 5.69 Å². The molecule has 2 heterocycles. The minimum absolute atomic E-state index is 0.468. The summed E-state index contributed by atoms with van der Waals surface area (Å²) in [4.78, 5) is 10.0. The van der Waals surface area contributed by atoms with E-state index in [0.717, 1.165) is 31.9 Å². The molecule has 0 radical (unpaired) electrons. The van der Waals surface area contributed by atoms with E-state index in [2.05, 4.69) is 72.3 Å². The first-order valence-corrected chi connectivity index (χ1v) is 8.38. The van der Waals surface area contributed by atoms with E-state index in [-0.39, 0.29) is 0 Å². The molecule has 1 atom stereocenters. The van der Waals surface area contributed by atoms with Gasteiger partial charge < -0.3 is 9.80 Å². The van der Waals surface area contributed by atoms with Crippen LogP contribution in [-0.4, -0.2) is 49.9 Å². The van der Waals surface area contributed by atoms with Crippen LogP contribution < -0.4 is 4.90 Å². The fourth-order valence-electron chi connectivity index (χ4n) is 3.69. The van der Waals surface area contributed by atoms with E-state index in [9.17, 15) is 0 Å². The van der Waals surface area contributed by atoms with Crippen LogP contribution in [0.5, 0.6) is 0 Å². The Kier molecular flexibility index (Phi) is 3.66. The first-order chi connectivity index (χ1) is 11.2. The van der Waals surface area contributed by atoms with Crippen LogP contribution in [0.25, 0.3) is 0 Å². The maximum atomic E-state index is 5.03. The molecule has 1 unspecified atom stereocenters. The number of benzene rings is 2. The van der Waals surface area contributed by atoms with E-state index in [1.54, 1.807) is 0 Å². The largest absolute Gasteiger partial charge is 0.364 e. The molecule has 23 heavy (non-hydrogen) atoms. The molecule has 4 rings (SSSR count). The highest BCUT2D eigenvalue weighted by Crippen LogP contribution is 2.31. The van der Waals surface area contributed by atoms with Crippen molar-refractivity contribution in [3.8, 4) is 0 Å². The third kappa shape index (κ3) is 2.66. The summed E-state index contributed by atoms with van der Waals surface area (Å²) in [7, 11) is 2.21. The number of hydrogen-bond donors (Lipinski definition) is 0. The fourth-order valence-corrected chi connectivity index (χ4v) is 3.69. The Hall–Kier alpha value is -2.13. The molecule has 0 aromatic heterocycles. The maximum absolute atomic E-state index is 5.03. The highest BCUT2D eigenvalue weighted by molar-refractivity contribution is 6.16. The maximum Gasteiger partial charge on any atom is 0.0740 e. The van der Waals surface area contributed by atoms with Crippen LogP contribution >= 0.6 is 0 Å². The predicted octanol–water partition coefficient (Wildman–Crippen LogP) is 2.97. The molecule has 2 aromatic rings. The summed E-state index contributed by atoms with van der Waals surface area (Å²) >= 11 is 0. The normalized spacial score (nSPS) is 21.2. The molecule has 3 nitrogen and oxygen atoms in total. The van der Waals surface area contributed by atoms with Gasteiger partial charge in [-0.2, -0.15) is 0 Å². The van der Waals surface area contributed by atoms with Gasteiger partial charge in [-0.3, -0.25) is 4.99 Å². The predicted molar refractivity (Wildman–Crippen MR) is 96.8 cm³/mol. The molecule has 0 saturated carbocycles. The van der Waals surface area contributed by atoms with Crippen molar-refractivity contribution in [3.05, 3.63) is 65.2 Å². The molecule has 1 saturated heterocycles. The summed E-state index contributed by atoms with van der Waals surface area (Å²) in [6, 6.07) is 17.8. The first kappa shape index (κ1) is 14.5. The van der Waals surface area contributed by atoms with Gasteiger partial charge in [0.15, 0.2) is 0 Å². The average Bonchev–Trinajstić information content (AvgIpc) is 2.72. The lowest BCUT2D eigenvalue weighted by molar-refractivity contribution is 0.270. The molecule has 118 valence electrons. The van der Waals surface area contributed by atoms with E-state index in [1.165, 1.54) is 22.4 Å². The molecular formula is C20H23N3. The van der Waals surface area contributed by atoms with Crippen LogP contribution in [-0.2, 0) is 0 Å². The summed E-state index contributed by atoms with van der Waals surface area (Å²) in [5, 5.41) is 0. The SMILES string of the molecule is Cc1ccc2c(c1)N1CCN(C)CC1CN=C2c1ccccc1. The monoisotopic (exact) mass is 305 g/mol. The third-order valence-electron chi connectivity index (χ3n) is 4.91. The van der Waals surface area contributed by atoms with Crippen molar-refractivity contribution in [3.63, 3.8) is 0 Å². The summed E-state index contributed by atoms with van der Waals surface area (Å²) in [5.41, 5.74) is 6.29. The van der Waals surface area contributed by atoms with E-state index in [1.807, 2.05) is 0 Å². The summed E-state index contributed by atoms with van der Waals surface area (Å²) in [5.74, 6) is 0. The summed E-state index contributed by atoms with van der Waals surface area (Å²) < 4.78 is 0. The fraction of sp³-hybridized carbons (Fsp3) is 0.350. The van der Waals surface area contributed by atoms with Crippen LogP contribution in [0.1, 0.15) is 16.7 Å². The van der Waals surface area contributed by atoms with Crippen LogP contribution in [0.3, 0.4) is 0 Å². The lowest BCUT2D eigenvalue weighted by Crippen LogP contribution is -2.53. The Morgan fingerprint density at radius 3 is 2.70 bits per heavy atom. The molecule has 0 N–H and O–H groups in total. The number of hydrogen-bond acceptors (Lipinski definition) is 3. The summed E-state index contributed by atoms with van der Waals surface area (Å²) in [6.07, 6.45) is 0. The van der Waals surface area contributed by atoms with Crippen molar-refractivity contribution in [2.24, 2.45) is 4.99 Å². The van der Waals surface area contributed by atoms with Crippen molar-refractivity contribution >= 4 is 11.4 Å². The van der Waals surface area contributed by atoms with Gasteiger partial charge in [-0.1, -0.05) is 42.5 Å². The first-order valence-electron chi connectivity index (χ1n) is 8.38.